The van der Waals surface area contributed by atoms with E-state index in [4.69, 9.17) is 4.74 Å². The van der Waals surface area contributed by atoms with Crippen LogP contribution in [0.25, 0.3) is 0 Å². The quantitative estimate of drug-likeness (QED) is 0.845. The van der Waals surface area contributed by atoms with Crippen LogP contribution in [0.5, 0.6) is 5.75 Å². The highest BCUT2D eigenvalue weighted by atomic mass is 16.5. The fourth-order valence-electron chi connectivity index (χ4n) is 3.84. The first-order valence-corrected chi connectivity index (χ1v) is 8.38. The number of rotatable bonds is 6. The summed E-state index contributed by atoms with van der Waals surface area (Å²) < 4.78 is 6.15. The third kappa shape index (κ3) is 2.95. The largest absolute Gasteiger partial charge is 0.508 e. The van der Waals surface area contributed by atoms with Crippen LogP contribution in [0.15, 0.2) is 24.3 Å². The molecule has 2 saturated carbocycles. The minimum absolute atomic E-state index is 0.251. The summed E-state index contributed by atoms with van der Waals surface area (Å²) in [5.74, 6) is 1.14. The Kier molecular flexibility index (Phi) is 3.43. The fourth-order valence-corrected chi connectivity index (χ4v) is 3.84. The van der Waals surface area contributed by atoms with Crippen molar-refractivity contribution in [3.63, 3.8) is 0 Å². The van der Waals surface area contributed by atoms with Crippen LogP contribution in [0.1, 0.15) is 37.7 Å². The lowest BCUT2D eigenvalue weighted by molar-refractivity contribution is 0.0305. The molecule has 0 radical (unpaired) electrons. The Labute approximate surface area is 126 Å². The zero-order chi connectivity index (χ0) is 14.3. The Morgan fingerprint density at radius 1 is 1.14 bits per heavy atom. The normalized spacial score (nSPS) is 32.5. The van der Waals surface area contributed by atoms with Crippen LogP contribution in [-0.2, 0) is 11.2 Å². The average Bonchev–Trinajstić information content (AvgIpc) is 3.40. The van der Waals surface area contributed by atoms with Crippen LogP contribution in [0, 0.1) is 11.3 Å². The highest BCUT2D eigenvalue weighted by Gasteiger charge is 2.51. The van der Waals surface area contributed by atoms with Crippen LogP contribution < -0.4 is 5.32 Å². The second-order valence-corrected chi connectivity index (χ2v) is 7.24. The smallest absolute Gasteiger partial charge is 0.115 e. The second-order valence-electron chi connectivity index (χ2n) is 7.24. The molecule has 0 spiro atoms. The third-order valence-corrected chi connectivity index (χ3v) is 5.36. The molecular weight excluding hydrogens is 262 g/mol. The zero-order valence-corrected chi connectivity index (χ0v) is 12.6. The van der Waals surface area contributed by atoms with Gasteiger partial charge < -0.3 is 15.2 Å². The maximum absolute atomic E-state index is 9.48. The molecule has 1 aliphatic heterocycles. The molecule has 3 heteroatoms. The van der Waals surface area contributed by atoms with E-state index in [1.165, 1.54) is 31.2 Å². The summed E-state index contributed by atoms with van der Waals surface area (Å²) >= 11 is 0. The highest BCUT2D eigenvalue weighted by molar-refractivity contribution is 5.27. The van der Waals surface area contributed by atoms with Gasteiger partial charge in [0.1, 0.15) is 5.75 Å². The van der Waals surface area contributed by atoms with Gasteiger partial charge in [-0.2, -0.15) is 0 Å². The second kappa shape index (κ2) is 5.29. The number of hydrogen-bond acceptors (Lipinski definition) is 3. The molecule has 3 aliphatic rings. The van der Waals surface area contributed by atoms with Gasteiger partial charge in [0, 0.05) is 24.6 Å². The minimum atomic E-state index is 0.251. The van der Waals surface area contributed by atoms with Gasteiger partial charge in [-0.05, 0) is 62.1 Å². The zero-order valence-electron chi connectivity index (χ0n) is 12.6. The number of hydrogen-bond donors (Lipinski definition) is 2. The Hall–Kier alpha value is -1.06. The first-order valence-electron chi connectivity index (χ1n) is 8.38. The van der Waals surface area contributed by atoms with Crippen molar-refractivity contribution in [3.05, 3.63) is 29.8 Å². The summed E-state index contributed by atoms with van der Waals surface area (Å²) in [4.78, 5) is 0. The van der Waals surface area contributed by atoms with Gasteiger partial charge in [0.25, 0.3) is 0 Å². The summed E-state index contributed by atoms with van der Waals surface area (Å²) in [6, 6.07) is 8.49. The standard InChI is InChI=1S/C18H25NO2/c20-16-7-1-13(2-8-16)11-18(12-19-15-5-6-15)9-10-21-17(18)14-3-4-14/h1-2,7-8,14-15,17,19-20H,3-6,9-12H2. The van der Waals surface area contributed by atoms with Gasteiger partial charge in [-0.1, -0.05) is 12.1 Å². The lowest BCUT2D eigenvalue weighted by Crippen LogP contribution is -2.44. The van der Waals surface area contributed by atoms with Gasteiger partial charge in [0.2, 0.25) is 0 Å². The van der Waals surface area contributed by atoms with Crippen molar-refractivity contribution in [3.8, 4) is 5.75 Å². The summed E-state index contributed by atoms with van der Waals surface area (Å²) in [7, 11) is 0. The Morgan fingerprint density at radius 3 is 2.57 bits per heavy atom. The van der Waals surface area contributed by atoms with E-state index in [9.17, 15) is 5.11 Å². The molecule has 1 aromatic carbocycles. The number of benzene rings is 1. The van der Waals surface area contributed by atoms with Crippen molar-refractivity contribution in [2.45, 2.75) is 50.7 Å². The van der Waals surface area contributed by atoms with Crippen LogP contribution in [-0.4, -0.2) is 30.4 Å². The summed E-state index contributed by atoms with van der Waals surface area (Å²) in [5.41, 5.74) is 1.57. The molecule has 3 nitrogen and oxygen atoms in total. The summed E-state index contributed by atoms with van der Waals surface area (Å²) in [6.07, 6.45) is 8.01. The monoisotopic (exact) mass is 287 g/mol. The molecule has 2 unspecified atom stereocenters. The van der Waals surface area contributed by atoms with Crippen molar-refractivity contribution in [2.75, 3.05) is 13.2 Å². The predicted octanol–water partition coefficient (Wildman–Crippen LogP) is 2.87. The highest BCUT2D eigenvalue weighted by Crippen LogP contribution is 2.49. The Bertz CT molecular complexity index is 492. The van der Waals surface area contributed by atoms with Gasteiger partial charge in [-0.3, -0.25) is 0 Å². The molecule has 21 heavy (non-hydrogen) atoms. The molecule has 0 bridgehead atoms. The van der Waals surface area contributed by atoms with Crippen molar-refractivity contribution >= 4 is 0 Å². The van der Waals surface area contributed by atoms with E-state index in [-0.39, 0.29) is 5.41 Å². The summed E-state index contributed by atoms with van der Waals surface area (Å²) in [5, 5.41) is 13.2. The van der Waals surface area contributed by atoms with E-state index in [0.717, 1.165) is 38.0 Å². The first kappa shape index (κ1) is 13.6. The van der Waals surface area contributed by atoms with Crippen molar-refractivity contribution in [1.29, 1.82) is 0 Å². The maximum Gasteiger partial charge on any atom is 0.115 e. The van der Waals surface area contributed by atoms with Gasteiger partial charge in [-0.25, -0.2) is 0 Å². The number of phenols is 1. The van der Waals surface area contributed by atoms with Gasteiger partial charge in [0.15, 0.2) is 0 Å². The van der Waals surface area contributed by atoms with Crippen LogP contribution >= 0.6 is 0 Å². The predicted molar refractivity (Wildman–Crippen MR) is 82.3 cm³/mol. The fraction of sp³-hybridized carbons (Fsp3) is 0.667. The van der Waals surface area contributed by atoms with E-state index >= 15 is 0 Å². The van der Waals surface area contributed by atoms with Crippen molar-refractivity contribution in [1.82, 2.24) is 5.32 Å². The van der Waals surface area contributed by atoms with Gasteiger partial charge in [-0.15, -0.1) is 0 Å². The first-order chi connectivity index (χ1) is 10.3. The average molecular weight is 287 g/mol. The van der Waals surface area contributed by atoms with Gasteiger partial charge >= 0.3 is 0 Å². The van der Waals surface area contributed by atoms with E-state index in [2.05, 4.69) is 17.4 Å². The molecule has 0 amide bonds. The number of phenolic OH excluding ortho intramolecular Hbond substituents is 1. The van der Waals surface area contributed by atoms with Crippen LogP contribution in [0.3, 0.4) is 0 Å². The maximum atomic E-state index is 9.48. The topological polar surface area (TPSA) is 41.5 Å². The van der Waals surface area contributed by atoms with E-state index in [1.54, 1.807) is 12.1 Å². The van der Waals surface area contributed by atoms with Crippen molar-refractivity contribution < 1.29 is 9.84 Å². The van der Waals surface area contributed by atoms with Crippen LogP contribution in [0.2, 0.25) is 0 Å². The SMILES string of the molecule is Oc1ccc(CC2(CNC3CC3)CCOC2C2CC2)cc1. The molecule has 114 valence electrons. The lowest BCUT2D eigenvalue weighted by atomic mass is 9.74. The molecule has 2 aliphatic carbocycles. The number of aromatic hydroxyl groups is 1. The molecule has 0 aromatic heterocycles. The van der Waals surface area contributed by atoms with Crippen molar-refractivity contribution in [2.24, 2.45) is 11.3 Å². The number of nitrogens with one attached hydrogen (secondary N) is 1. The molecule has 3 fully saturated rings. The third-order valence-electron chi connectivity index (χ3n) is 5.36. The molecule has 4 rings (SSSR count). The molecule has 2 atom stereocenters. The molecule has 1 heterocycles. The molecular formula is C18H25NO2. The Balaban J connectivity index is 1.54. The minimum Gasteiger partial charge on any atom is -0.508 e. The van der Waals surface area contributed by atoms with Crippen LogP contribution in [0.4, 0.5) is 0 Å². The lowest BCUT2D eigenvalue weighted by Gasteiger charge is -2.35. The Morgan fingerprint density at radius 2 is 1.90 bits per heavy atom. The van der Waals surface area contributed by atoms with E-state index in [1.807, 2.05) is 0 Å². The van der Waals surface area contributed by atoms with Gasteiger partial charge in [0.05, 0.1) is 6.10 Å². The number of ether oxygens (including phenoxy) is 1. The van der Waals surface area contributed by atoms with E-state index in [0.29, 0.717) is 11.9 Å². The van der Waals surface area contributed by atoms with E-state index < -0.39 is 0 Å². The molecule has 2 N–H and O–H groups in total. The molecule has 1 aromatic rings. The summed E-state index contributed by atoms with van der Waals surface area (Å²) in [6.45, 7) is 1.99. The molecule has 1 saturated heterocycles.